The van der Waals surface area contributed by atoms with Crippen LogP contribution in [-0.2, 0) is 9.59 Å². The molecule has 1 N–H and O–H groups in total. The van der Waals surface area contributed by atoms with Gasteiger partial charge in [-0.1, -0.05) is 22.9 Å². The van der Waals surface area contributed by atoms with Gasteiger partial charge in [-0.2, -0.15) is 0 Å². The Bertz CT molecular complexity index is 246. The van der Waals surface area contributed by atoms with Crippen molar-refractivity contribution in [2.45, 2.75) is 31.0 Å². The predicted molar refractivity (Wildman–Crippen MR) is 61.8 cm³/mol. The molecule has 86 valence electrons. The Morgan fingerprint density at radius 2 is 2.40 bits per heavy atom. The van der Waals surface area contributed by atoms with Crippen LogP contribution in [0.4, 0.5) is 0 Å². The zero-order valence-corrected chi connectivity index (χ0v) is 10.5. The highest BCUT2D eigenvalue weighted by Crippen LogP contribution is 2.18. The highest BCUT2D eigenvalue weighted by atomic mass is 79.9. The monoisotopic (exact) mass is 276 g/mol. The normalized spacial score (nSPS) is 20.8. The number of rotatable bonds is 5. The van der Waals surface area contributed by atoms with Gasteiger partial charge in [0.05, 0.1) is 4.83 Å². The first-order valence-electron chi connectivity index (χ1n) is 5.34. The van der Waals surface area contributed by atoms with Gasteiger partial charge in [0.25, 0.3) is 0 Å². The van der Waals surface area contributed by atoms with E-state index in [1.54, 1.807) is 4.90 Å². The van der Waals surface area contributed by atoms with Crippen molar-refractivity contribution in [3.05, 3.63) is 0 Å². The molecule has 0 bridgehead atoms. The third kappa shape index (κ3) is 3.81. The number of hydrogen-bond donors (Lipinski definition) is 1. The summed E-state index contributed by atoms with van der Waals surface area (Å²) in [7, 11) is 0. The Kier molecular flexibility index (Phi) is 5.08. The number of amides is 2. The zero-order chi connectivity index (χ0) is 11.3. The van der Waals surface area contributed by atoms with Gasteiger partial charge in [-0.15, -0.1) is 0 Å². The molecule has 0 spiro atoms. The summed E-state index contributed by atoms with van der Waals surface area (Å²) in [6.07, 6.45) is 2.19. The van der Waals surface area contributed by atoms with E-state index < -0.39 is 0 Å². The highest BCUT2D eigenvalue weighted by Gasteiger charge is 2.29. The molecule has 1 heterocycles. The zero-order valence-electron chi connectivity index (χ0n) is 8.96. The van der Waals surface area contributed by atoms with Crippen LogP contribution < -0.4 is 5.32 Å². The summed E-state index contributed by atoms with van der Waals surface area (Å²) >= 11 is 3.30. The van der Waals surface area contributed by atoms with E-state index in [0.717, 1.165) is 19.4 Å². The van der Waals surface area contributed by atoms with E-state index >= 15 is 0 Å². The molecular weight excluding hydrogens is 260 g/mol. The lowest BCUT2D eigenvalue weighted by Gasteiger charge is -2.15. The lowest BCUT2D eigenvalue weighted by Crippen LogP contribution is -2.33. The summed E-state index contributed by atoms with van der Waals surface area (Å²) in [5.74, 6) is 0.140. The molecule has 1 saturated heterocycles. The number of alkyl halides is 1. The standard InChI is InChI=1S/C10H17BrN2O2/c1-2-5-12-9(14)4-7-13-6-3-8(11)10(13)15/h8H,2-7H2,1H3,(H,12,14). The summed E-state index contributed by atoms with van der Waals surface area (Å²) in [5.41, 5.74) is 0. The maximum absolute atomic E-state index is 11.5. The summed E-state index contributed by atoms with van der Waals surface area (Å²) in [6.45, 7) is 4.03. The van der Waals surface area contributed by atoms with E-state index in [1.807, 2.05) is 6.92 Å². The van der Waals surface area contributed by atoms with Crippen molar-refractivity contribution in [1.82, 2.24) is 10.2 Å². The summed E-state index contributed by atoms with van der Waals surface area (Å²) in [6, 6.07) is 0. The minimum atomic E-state index is -0.0452. The summed E-state index contributed by atoms with van der Waals surface area (Å²) in [4.78, 5) is 24.5. The van der Waals surface area contributed by atoms with Crippen LogP contribution in [0.2, 0.25) is 0 Å². The van der Waals surface area contributed by atoms with E-state index in [0.29, 0.717) is 19.5 Å². The quantitative estimate of drug-likeness (QED) is 0.759. The number of carbonyl (C=O) groups is 2. The van der Waals surface area contributed by atoms with Gasteiger partial charge < -0.3 is 10.2 Å². The van der Waals surface area contributed by atoms with Crippen LogP contribution >= 0.6 is 15.9 Å². The first-order chi connectivity index (χ1) is 7.15. The second-order valence-electron chi connectivity index (χ2n) is 3.68. The Hall–Kier alpha value is -0.580. The Morgan fingerprint density at radius 1 is 1.67 bits per heavy atom. The SMILES string of the molecule is CCCNC(=O)CCN1CCC(Br)C1=O. The van der Waals surface area contributed by atoms with Gasteiger partial charge >= 0.3 is 0 Å². The van der Waals surface area contributed by atoms with Gasteiger partial charge in [0.1, 0.15) is 0 Å². The maximum atomic E-state index is 11.5. The van der Waals surface area contributed by atoms with Gasteiger partial charge in [0.15, 0.2) is 0 Å². The van der Waals surface area contributed by atoms with Gasteiger partial charge in [-0.3, -0.25) is 9.59 Å². The second kappa shape index (κ2) is 6.10. The number of carbonyl (C=O) groups excluding carboxylic acids is 2. The third-order valence-electron chi connectivity index (χ3n) is 2.41. The van der Waals surface area contributed by atoms with Crippen molar-refractivity contribution in [1.29, 1.82) is 0 Å². The first kappa shape index (κ1) is 12.5. The van der Waals surface area contributed by atoms with Crippen molar-refractivity contribution in [2.24, 2.45) is 0 Å². The van der Waals surface area contributed by atoms with Gasteiger partial charge in [-0.05, 0) is 12.8 Å². The molecule has 1 fully saturated rings. The maximum Gasteiger partial charge on any atom is 0.236 e. The van der Waals surface area contributed by atoms with E-state index in [9.17, 15) is 9.59 Å². The Morgan fingerprint density at radius 3 is 2.93 bits per heavy atom. The average molecular weight is 277 g/mol. The smallest absolute Gasteiger partial charge is 0.236 e. The molecular formula is C10H17BrN2O2. The molecule has 0 radical (unpaired) electrons. The van der Waals surface area contributed by atoms with Crippen molar-refractivity contribution in [2.75, 3.05) is 19.6 Å². The van der Waals surface area contributed by atoms with Crippen LogP contribution in [0.25, 0.3) is 0 Å². The molecule has 0 aromatic heterocycles. The molecule has 15 heavy (non-hydrogen) atoms. The molecule has 1 atom stereocenters. The van der Waals surface area contributed by atoms with Crippen LogP contribution in [0.1, 0.15) is 26.2 Å². The average Bonchev–Trinajstić information content (AvgIpc) is 2.54. The number of halogens is 1. The third-order valence-corrected chi connectivity index (χ3v) is 3.26. The van der Waals surface area contributed by atoms with E-state index in [-0.39, 0.29) is 16.6 Å². The Balaban J connectivity index is 2.20. The molecule has 2 amide bonds. The van der Waals surface area contributed by atoms with Crippen molar-refractivity contribution < 1.29 is 9.59 Å². The first-order valence-corrected chi connectivity index (χ1v) is 6.26. The van der Waals surface area contributed by atoms with Crippen molar-refractivity contribution in [3.63, 3.8) is 0 Å². The van der Waals surface area contributed by atoms with Crippen LogP contribution in [0.5, 0.6) is 0 Å². The molecule has 1 aliphatic heterocycles. The number of nitrogens with one attached hydrogen (secondary N) is 1. The molecule has 5 heteroatoms. The molecule has 1 rings (SSSR count). The van der Waals surface area contributed by atoms with E-state index in [2.05, 4.69) is 21.2 Å². The predicted octanol–water partition coefficient (Wildman–Crippen LogP) is 0.898. The lowest BCUT2D eigenvalue weighted by atomic mass is 10.3. The van der Waals surface area contributed by atoms with Gasteiger partial charge in [-0.25, -0.2) is 0 Å². The van der Waals surface area contributed by atoms with Crippen LogP contribution in [0.3, 0.4) is 0 Å². The fourth-order valence-corrected chi connectivity index (χ4v) is 2.01. The molecule has 1 unspecified atom stereocenters. The van der Waals surface area contributed by atoms with Crippen molar-refractivity contribution >= 4 is 27.7 Å². The van der Waals surface area contributed by atoms with Crippen LogP contribution in [0, 0.1) is 0 Å². The fourth-order valence-electron chi connectivity index (χ4n) is 1.51. The topological polar surface area (TPSA) is 49.4 Å². The molecule has 1 aliphatic rings. The number of nitrogens with zero attached hydrogens (tertiary/aromatic N) is 1. The minimum Gasteiger partial charge on any atom is -0.356 e. The lowest BCUT2D eigenvalue weighted by molar-refractivity contribution is -0.128. The number of likely N-dealkylation sites (tertiary alicyclic amines) is 1. The summed E-state index contributed by atoms with van der Waals surface area (Å²) in [5, 5.41) is 2.79. The molecule has 0 aromatic carbocycles. The molecule has 4 nitrogen and oxygen atoms in total. The van der Waals surface area contributed by atoms with E-state index in [4.69, 9.17) is 0 Å². The molecule has 0 aromatic rings. The van der Waals surface area contributed by atoms with Gasteiger partial charge in [0.2, 0.25) is 11.8 Å². The van der Waals surface area contributed by atoms with E-state index in [1.165, 1.54) is 0 Å². The molecule has 0 aliphatic carbocycles. The van der Waals surface area contributed by atoms with Crippen LogP contribution in [-0.4, -0.2) is 41.2 Å². The largest absolute Gasteiger partial charge is 0.356 e. The second-order valence-corrected chi connectivity index (χ2v) is 4.79. The Labute approximate surface area is 98.5 Å². The fraction of sp³-hybridized carbons (Fsp3) is 0.800. The summed E-state index contributed by atoms with van der Waals surface area (Å²) < 4.78 is 0. The highest BCUT2D eigenvalue weighted by molar-refractivity contribution is 9.10. The van der Waals surface area contributed by atoms with Gasteiger partial charge in [0, 0.05) is 26.1 Å². The van der Waals surface area contributed by atoms with Crippen molar-refractivity contribution in [3.8, 4) is 0 Å². The minimum absolute atomic E-state index is 0.0303. The molecule has 0 saturated carbocycles. The number of hydrogen-bond acceptors (Lipinski definition) is 2. The van der Waals surface area contributed by atoms with Crippen LogP contribution in [0.15, 0.2) is 0 Å².